The maximum atomic E-state index is 12.9. The van der Waals surface area contributed by atoms with Crippen LogP contribution in [0.3, 0.4) is 0 Å². The molecule has 3 saturated carbocycles. The third kappa shape index (κ3) is 3.88. The van der Waals surface area contributed by atoms with E-state index in [9.17, 15) is 10.1 Å². The van der Waals surface area contributed by atoms with Gasteiger partial charge in [-0.2, -0.15) is 15.5 Å². The fraction of sp³-hybridized carbons (Fsp3) is 0.500. The van der Waals surface area contributed by atoms with E-state index < -0.39 is 0 Å². The molecule has 2 aromatic heterocycles. The Balaban J connectivity index is 1.35. The fourth-order valence-corrected chi connectivity index (χ4v) is 5.06. The predicted octanol–water partition coefficient (Wildman–Crippen LogP) is 3.77. The lowest BCUT2D eigenvalue weighted by molar-refractivity contribution is -0.135. The van der Waals surface area contributed by atoms with E-state index in [2.05, 4.69) is 32.6 Å². The number of carbonyl (C=O) groups is 1. The van der Waals surface area contributed by atoms with Gasteiger partial charge in [0.15, 0.2) is 0 Å². The summed E-state index contributed by atoms with van der Waals surface area (Å²) in [7, 11) is 0. The van der Waals surface area contributed by atoms with E-state index >= 15 is 0 Å². The smallest absolute Gasteiger partial charge is 0.226 e. The Morgan fingerprint density at radius 2 is 1.97 bits per heavy atom. The molecule has 1 aliphatic heterocycles. The van der Waals surface area contributed by atoms with E-state index in [-0.39, 0.29) is 12.0 Å². The van der Waals surface area contributed by atoms with Crippen molar-refractivity contribution in [3.05, 3.63) is 41.7 Å². The van der Waals surface area contributed by atoms with E-state index in [1.54, 1.807) is 12.3 Å². The van der Waals surface area contributed by atoms with Crippen LogP contribution in [0.15, 0.2) is 24.9 Å². The number of anilines is 1. The fourth-order valence-electron chi connectivity index (χ4n) is 5.06. The Morgan fingerprint density at radius 1 is 1.15 bits per heavy atom. The van der Waals surface area contributed by atoms with Gasteiger partial charge in [0.25, 0.3) is 0 Å². The number of pyridine rings is 1. The second-order valence-electron chi connectivity index (χ2n) is 9.91. The number of hydrogen-bond donors (Lipinski definition) is 0. The van der Waals surface area contributed by atoms with Crippen LogP contribution < -0.4 is 4.90 Å². The first-order chi connectivity index (χ1) is 16.2. The molecule has 0 aromatic carbocycles. The average Bonchev–Trinajstić information content (AvgIpc) is 3.72. The Hall–Kier alpha value is -3.27. The van der Waals surface area contributed by atoms with Gasteiger partial charge < -0.3 is 9.80 Å². The summed E-state index contributed by atoms with van der Waals surface area (Å²) in [4.78, 5) is 22.4. The summed E-state index contributed by atoms with van der Waals surface area (Å²) in [5.74, 6) is 2.34. The number of aromatic nitrogens is 3. The van der Waals surface area contributed by atoms with Gasteiger partial charge in [0.05, 0.1) is 29.2 Å². The molecule has 0 spiro atoms. The number of amides is 1. The normalized spacial score (nSPS) is 22.7. The Bertz CT molecular complexity index is 1160. The van der Waals surface area contributed by atoms with Crippen molar-refractivity contribution >= 4 is 17.8 Å². The van der Waals surface area contributed by atoms with Gasteiger partial charge in [0, 0.05) is 37.0 Å². The first-order valence-corrected chi connectivity index (χ1v) is 12.1. The molecule has 0 N–H and O–H groups in total. The maximum absolute atomic E-state index is 12.9. The molecule has 2 aromatic rings. The molecule has 1 saturated heterocycles. The molecule has 0 bridgehead atoms. The minimum absolute atomic E-state index is 0.236. The monoisotopic (exact) mass is 440 g/mol. The average molecular weight is 441 g/mol. The Labute approximate surface area is 194 Å². The van der Waals surface area contributed by atoms with Crippen molar-refractivity contribution < 1.29 is 4.79 Å². The molecular weight excluding hydrogens is 412 g/mol. The van der Waals surface area contributed by atoms with Gasteiger partial charge >= 0.3 is 0 Å². The van der Waals surface area contributed by atoms with Crippen molar-refractivity contribution in [3.8, 4) is 17.3 Å². The molecular formula is C26H28N6O. The summed E-state index contributed by atoms with van der Waals surface area (Å²) in [6, 6.07) is 6.52. The molecule has 7 nitrogen and oxygen atoms in total. The predicted molar refractivity (Wildman–Crippen MR) is 125 cm³/mol. The maximum Gasteiger partial charge on any atom is 0.226 e. The number of nitriles is 1. The van der Waals surface area contributed by atoms with Gasteiger partial charge in [-0.25, -0.2) is 4.98 Å². The summed E-state index contributed by atoms with van der Waals surface area (Å²) in [6.45, 7) is 6.04. The number of rotatable bonds is 6. The molecule has 3 heterocycles. The molecule has 6 rings (SSSR count). The van der Waals surface area contributed by atoms with Crippen LogP contribution in [0.2, 0.25) is 0 Å². The van der Waals surface area contributed by atoms with Crippen LogP contribution in [0.5, 0.6) is 0 Å². The zero-order chi connectivity index (χ0) is 22.5. The third-order valence-electron chi connectivity index (χ3n) is 7.40. The van der Waals surface area contributed by atoms with Crippen molar-refractivity contribution in [1.82, 2.24) is 20.1 Å². The van der Waals surface area contributed by atoms with Crippen molar-refractivity contribution in [2.45, 2.75) is 50.5 Å². The second-order valence-corrected chi connectivity index (χ2v) is 9.91. The van der Waals surface area contributed by atoms with E-state index in [4.69, 9.17) is 4.98 Å². The number of piperazine rings is 1. The van der Waals surface area contributed by atoms with Crippen molar-refractivity contribution in [2.24, 2.45) is 11.8 Å². The summed E-state index contributed by atoms with van der Waals surface area (Å²) in [6.07, 6.45) is 10.1. The van der Waals surface area contributed by atoms with Crippen molar-refractivity contribution in [2.75, 3.05) is 24.5 Å². The minimum atomic E-state index is 0.236. The van der Waals surface area contributed by atoms with E-state index in [1.807, 2.05) is 12.1 Å². The molecule has 0 unspecified atom stereocenters. The first-order valence-electron chi connectivity index (χ1n) is 12.1. The molecule has 7 heteroatoms. The lowest BCUT2D eigenvalue weighted by Gasteiger charge is -2.43. The van der Waals surface area contributed by atoms with E-state index in [0.717, 1.165) is 73.7 Å². The minimum Gasteiger partial charge on any atom is -0.352 e. The molecule has 1 amide bonds. The Morgan fingerprint density at radius 3 is 2.64 bits per heavy atom. The zero-order valence-corrected chi connectivity index (χ0v) is 18.8. The second kappa shape index (κ2) is 7.95. The highest BCUT2D eigenvalue weighted by Gasteiger charge is 2.45. The van der Waals surface area contributed by atoms with E-state index in [1.165, 1.54) is 12.8 Å². The lowest BCUT2D eigenvalue weighted by Crippen LogP contribution is -2.57. The summed E-state index contributed by atoms with van der Waals surface area (Å²) in [5.41, 5.74) is 4.11. The standard InChI is InChI=1S/C26H28N6O/c1-2-16-11-22(30-28-14-16)21-12-20(13-27)25(29-24(21)18-5-6-18)31-9-10-32(26(33)19-7-8-19)23(15-31)17-3-4-17/h2,11-12,14,17-19,23H,1,3-10,15H2/t23-/m0/s1. The van der Waals surface area contributed by atoms with Gasteiger partial charge in [-0.3, -0.25) is 4.79 Å². The highest BCUT2D eigenvalue weighted by molar-refractivity contribution is 5.82. The molecule has 3 aliphatic carbocycles. The molecule has 0 radical (unpaired) electrons. The summed E-state index contributed by atoms with van der Waals surface area (Å²) >= 11 is 0. The van der Waals surface area contributed by atoms with Crippen molar-refractivity contribution in [1.29, 1.82) is 5.26 Å². The van der Waals surface area contributed by atoms with E-state index in [0.29, 0.717) is 23.3 Å². The van der Waals surface area contributed by atoms with Crippen LogP contribution in [-0.4, -0.2) is 51.7 Å². The molecule has 4 fully saturated rings. The molecule has 1 atom stereocenters. The molecule has 168 valence electrons. The van der Waals surface area contributed by atoms with Crippen LogP contribution in [0.25, 0.3) is 17.3 Å². The van der Waals surface area contributed by atoms with Gasteiger partial charge in [-0.15, -0.1) is 0 Å². The van der Waals surface area contributed by atoms with Gasteiger partial charge in [-0.05, 0) is 62.1 Å². The van der Waals surface area contributed by atoms with Crippen LogP contribution >= 0.6 is 0 Å². The summed E-state index contributed by atoms with van der Waals surface area (Å²) < 4.78 is 0. The number of hydrogen-bond acceptors (Lipinski definition) is 6. The topological polar surface area (TPSA) is 86.0 Å². The highest BCUT2D eigenvalue weighted by Crippen LogP contribution is 2.45. The lowest BCUT2D eigenvalue weighted by atomic mass is 10.0. The van der Waals surface area contributed by atoms with Crippen LogP contribution in [0.1, 0.15) is 61.3 Å². The highest BCUT2D eigenvalue weighted by atomic mass is 16.2. The quantitative estimate of drug-likeness (QED) is 0.680. The van der Waals surface area contributed by atoms with Crippen LogP contribution in [0, 0.1) is 23.2 Å². The van der Waals surface area contributed by atoms with Gasteiger partial charge in [0.1, 0.15) is 11.9 Å². The first kappa shape index (κ1) is 20.3. The van der Waals surface area contributed by atoms with Crippen LogP contribution in [0.4, 0.5) is 5.82 Å². The van der Waals surface area contributed by atoms with Crippen molar-refractivity contribution in [3.63, 3.8) is 0 Å². The number of carbonyl (C=O) groups excluding carboxylic acids is 1. The Kier molecular flexibility index (Phi) is 4.90. The summed E-state index contributed by atoms with van der Waals surface area (Å²) in [5, 5.41) is 18.5. The third-order valence-corrected chi connectivity index (χ3v) is 7.40. The van der Waals surface area contributed by atoms with Gasteiger partial charge in [-0.1, -0.05) is 12.7 Å². The zero-order valence-electron chi connectivity index (χ0n) is 18.8. The molecule has 4 aliphatic rings. The van der Waals surface area contributed by atoms with Crippen LogP contribution in [-0.2, 0) is 4.79 Å². The van der Waals surface area contributed by atoms with Gasteiger partial charge in [0.2, 0.25) is 5.91 Å². The number of nitrogens with zero attached hydrogens (tertiary/aromatic N) is 6. The SMILES string of the molecule is C=Cc1cnnc(-c2cc(C#N)c(N3CCN(C(=O)C4CC4)[C@H](C4CC4)C3)nc2C2CC2)c1. The largest absolute Gasteiger partial charge is 0.352 e. The molecule has 33 heavy (non-hydrogen) atoms.